The van der Waals surface area contributed by atoms with E-state index in [1.807, 2.05) is 6.92 Å². The third-order valence-electron chi connectivity index (χ3n) is 4.88. The van der Waals surface area contributed by atoms with Crippen LogP contribution in [0.3, 0.4) is 0 Å². The maximum atomic E-state index is 12.4. The van der Waals surface area contributed by atoms with Crippen molar-refractivity contribution < 1.29 is 14.6 Å². The minimum Gasteiger partial charge on any atom is -0.386 e. The van der Waals surface area contributed by atoms with Gasteiger partial charge in [-0.2, -0.15) is 0 Å². The van der Waals surface area contributed by atoms with E-state index in [9.17, 15) is 9.90 Å². The van der Waals surface area contributed by atoms with Crippen LogP contribution in [0.5, 0.6) is 0 Å². The molecule has 0 radical (unpaired) electrons. The van der Waals surface area contributed by atoms with Crippen LogP contribution in [-0.2, 0) is 4.74 Å². The molecule has 1 aliphatic rings. The molecule has 2 rings (SSSR count). The van der Waals surface area contributed by atoms with Gasteiger partial charge in [0.15, 0.2) is 0 Å². The van der Waals surface area contributed by atoms with E-state index in [1.54, 1.807) is 13.1 Å². The lowest BCUT2D eigenvalue weighted by Crippen LogP contribution is -2.64. The van der Waals surface area contributed by atoms with E-state index in [4.69, 9.17) is 4.74 Å². The van der Waals surface area contributed by atoms with Crippen LogP contribution in [0.1, 0.15) is 67.7 Å². The molecule has 1 saturated carbocycles. The second-order valence-corrected chi connectivity index (χ2v) is 6.95. The second kappa shape index (κ2) is 7.06. The first-order valence-electron chi connectivity index (χ1n) is 8.04. The molecule has 5 nitrogen and oxygen atoms in total. The summed E-state index contributed by atoms with van der Waals surface area (Å²) in [7, 11) is 0. The van der Waals surface area contributed by atoms with Crippen LogP contribution in [0, 0.1) is 5.41 Å². The highest BCUT2D eigenvalue weighted by molar-refractivity contribution is 7.13. The molecule has 1 aromatic rings. The predicted octanol–water partition coefficient (Wildman–Crippen LogP) is 2.91. The molecular formula is C16H26N2O3S. The van der Waals surface area contributed by atoms with E-state index in [-0.39, 0.29) is 23.5 Å². The zero-order valence-corrected chi connectivity index (χ0v) is 14.6. The predicted molar refractivity (Wildman–Crippen MR) is 87.0 cm³/mol. The number of ether oxygens (including phenoxy) is 1. The molecule has 6 heteroatoms. The fraction of sp³-hybridized carbons (Fsp3) is 0.750. The lowest BCUT2D eigenvalue weighted by Gasteiger charge is -2.55. The van der Waals surface area contributed by atoms with Crippen molar-refractivity contribution in [2.24, 2.45) is 5.41 Å². The summed E-state index contributed by atoms with van der Waals surface area (Å²) in [6.45, 7) is 8.69. The normalized spacial score (nSPS) is 24.6. The Hall–Kier alpha value is -0.980. The lowest BCUT2D eigenvalue weighted by molar-refractivity contribution is -0.134. The first-order chi connectivity index (χ1) is 10.5. The van der Waals surface area contributed by atoms with Crippen LogP contribution < -0.4 is 5.32 Å². The van der Waals surface area contributed by atoms with E-state index in [2.05, 4.69) is 24.1 Å². The van der Waals surface area contributed by atoms with Gasteiger partial charge in [-0.1, -0.05) is 13.8 Å². The maximum Gasteiger partial charge on any atom is 0.263 e. The Morgan fingerprint density at radius 3 is 2.73 bits per heavy atom. The van der Waals surface area contributed by atoms with Gasteiger partial charge in [-0.05, 0) is 33.1 Å². The van der Waals surface area contributed by atoms with E-state index in [0.717, 1.165) is 19.3 Å². The highest BCUT2D eigenvalue weighted by Crippen LogP contribution is 2.49. The Morgan fingerprint density at radius 1 is 1.55 bits per heavy atom. The number of amides is 1. The third-order valence-corrected chi connectivity index (χ3v) is 6.05. The van der Waals surface area contributed by atoms with Crippen LogP contribution in [0.15, 0.2) is 6.20 Å². The van der Waals surface area contributed by atoms with Crippen molar-refractivity contribution in [2.75, 3.05) is 6.61 Å². The Labute approximate surface area is 136 Å². The number of aromatic nitrogens is 1. The Kier molecular flexibility index (Phi) is 5.58. The van der Waals surface area contributed by atoms with Crippen LogP contribution in [-0.4, -0.2) is 34.8 Å². The minimum atomic E-state index is -0.636. The number of carbonyl (C=O) groups is 1. The molecule has 124 valence electrons. The van der Waals surface area contributed by atoms with Gasteiger partial charge in [0, 0.05) is 18.1 Å². The number of thiazole rings is 1. The zero-order valence-electron chi connectivity index (χ0n) is 13.8. The van der Waals surface area contributed by atoms with E-state index in [0.29, 0.717) is 16.5 Å². The highest BCUT2D eigenvalue weighted by atomic mass is 32.1. The van der Waals surface area contributed by atoms with Gasteiger partial charge in [-0.3, -0.25) is 4.79 Å². The molecule has 1 heterocycles. The second-order valence-electron chi connectivity index (χ2n) is 5.88. The summed E-state index contributed by atoms with van der Waals surface area (Å²) >= 11 is 1.25. The number of hydrogen-bond acceptors (Lipinski definition) is 5. The fourth-order valence-corrected chi connectivity index (χ4v) is 4.16. The summed E-state index contributed by atoms with van der Waals surface area (Å²) in [6.07, 6.45) is 3.97. The summed E-state index contributed by atoms with van der Waals surface area (Å²) in [5, 5.41) is 13.2. The molecule has 1 fully saturated rings. The number of rotatable bonds is 7. The van der Waals surface area contributed by atoms with Gasteiger partial charge >= 0.3 is 0 Å². The summed E-state index contributed by atoms with van der Waals surface area (Å²) in [6, 6.07) is 0.142. The molecule has 1 amide bonds. The SMILES string of the molecule is CCOC1CC(NC(=O)c2cnc(C(C)O)s2)C1(CC)CC. The fourth-order valence-electron chi connectivity index (χ4n) is 3.40. The standard InChI is InChI=1S/C16H26N2O3S/c1-5-16(6-2)12(8-13(16)21-7-3)18-14(20)11-9-17-15(22-11)10(4)19/h9-10,12-13,19H,5-8H2,1-4H3,(H,18,20). The van der Waals surface area contributed by atoms with Crippen molar-refractivity contribution in [3.63, 3.8) is 0 Å². The molecule has 22 heavy (non-hydrogen) atoms. The Morgan fingerprint density at radius 2 is 2.23 bits per heavy atom. The Balaban J connectivity index is 2.04. The van der Waals surface area contributed by atoms with Crippen LogP contribution in [0.4, 0.5) is 0 Å². The largest absolute Gasteiger partial charge is 0.386 e. The highest BCUT2D eigenvalue weighted by Gasteiger charge is 2.53. The molecule has 0 spiro atoms. The van der Waals surface area contributed by atoms with Crippen molar-refractivity contribution in [3.8, 4) is 0 Å². The van der Waals surface area contributed by atoms with Crippen molar-refractivity contribution in [1.29, 1.82) is 0 Å². The molecule has 1 aromatic heterocycles. The Bertz CT molecular complexity index is 511. The first kappa shape index (κ1) is 17.4. The monoisotopic (exact) mass is 326 g/mol. The van der Waals surface area contributed by atoms with Gasteiger partial charge in [0.25, 0.3) is 5.91 Å². The van der Waals surface area contributed by atoms with Crippen LogP contribution >= 0.6 is 11.3 Å². The number of aliphatic hydroxyl groups excluding tert-OH is 1. The molecule has 0 saturated heterocycles. The van der Waals surface area contributed by atoms with Gasteiger partial charge in [-0.15, -0.1) is 11.3 Å². The quantitative estimate of drug-likeness (QED) is 0.808. The average Bonchev–Trinajstić information content (AvgIpc) is 2.97. The number of nitrogens with one attached hydrogen (secondary N) is 1. The minimum absolute atomic E-state index is 0.0312. The molecule has 3 unspecified atom stereocenters. The van der Waals surface area contributed by atoms with Gasteiger partial charge in [0.05, 0.1) is 12.3 Å². The number of aliphatic hydroxyl groups is 1. The molecule has 2 N–H and O–H groups in total. The smallest absolute Gasteiger partial charge is 0.263 e. The summed E-state index contributed by atoms with van der Waals surface area (Å²) in [5.74, 6) is -0.101. The van der Waals surface area contributed by atoms with E-state index in [1.165, 1.54) is 11.3 Å². The molecule has 0 bridgehead atoms. The molecular weight excluding hydrogens is 300 g/mol. The van der Waals surface area contributed by atoms with Gasteiger partial charge in [0.2, 0.25) is 0 Å². The van der Waals surface area contributed by atoms with Crippen molar-refractivity contribution in [2.45, 2.75) is 65.2 Å². The van der Waals surface area contributed by atoms with Gasteiger partial charge < -0.3 is 15.2 Å². The summed E-state index contributed by atoms with van der Waals surface area (Å²) in [4.78, 5) is 17.0. The molecule has 0 aromatic carbocycles. The van der Waals surface area contributed by atoms with Crippen molar-refractivity contribution in [3.05, 3.63) is 16.1 Å². The van der Waals surface area contributed by atoms with Crippen LogP contribution in [0.25, 0.3) is 0 Å². The average molecular weight is 326 g/mol. The summed E-state index contributed by atoms with van der Waals surface area (Å²) < 4.78 is 5.83. The maximum absolute atomic E-state index is 12.4. The van der Waals surface area contributed by atoms with Crippen molar-refractivity contribution in [1.82, 2.24) is 10.3 Å². The molecule has 3 atom stereocenters. The molecule has 1 aliphatic carbocycles. The van der Waals surface area contributed by atoms with Crippen molar-refractivity contribution >= 4 is 17.2 Å². The van der Waals surface area contributed by atoms with E-state index < -0.39 is 6.10 Å². The number of nitrogens with zero attached hydrogens (tertiary/aromatic N) is 1. The number of hydrogen-bond donors (Lipinski definition) is 2. The van der Waals surface area contributed by atoms with Gasteiger partial charge in [-0.25, -0.2) is 4.98 Å². The lowest BCUT2D eigenvalue weighted by atomic mass is 9.58. The molecule has 0 aliphatic heterocycles. The topological polar surface area (TPSA) is 71.5 Å². The van der Waals surface area contributed by atoms with Gasteiger partial charge in [0.1, 0.15) is 16.0 Å². The van der Waals surface area contributed by atoms with E-state index >= 15 is 0 Å². The first-order valence-corrected chi connectivity index (χ1v) is 8.86. The van der Waals surface area contributed by atoms with Crippen LogP contribution in [0.2, 0.25) is 0 Å². The summed E-state index contributed by atoms with van der Waals surface area (Å²) in [5.41, 5.74) is 0.0312. The number of carbonyl (C=O) groups excluding carboxylic acids is 1. The third kappa shape index (κ3) is 3.05. The zero-order chi connectivity index (χ0) is 16.3.